The monoisotopic (exact) mass is 847 g/mol. The summed E-state index contributed by atoms with van der Waals surface area (Å²) in [5.74, 6) is -2.84. The number of likely N-dealkylation sites (N-methyl/N-ethyl adjacent to an activating group) is 1. The van der Waals surface area contributed by atoms with E-state index >= 15 is 0 Å². The molecule has 1 heterocycles. The maximum Gasteiger partial charge on any atom is 0.466 e. The average Bonchev–Trinajstić information content (AvgIpc) is 3.44. The number of unbranched alkanes of at least 4 members (excludes halogenated alkanes) is 4. The standard InChI is InChI=1S/C8H12N2O2.C8H4O3.C6H10O4.C5H13NO2.C4H10O3.C2H6O2.H3O4P/c11-7-9-5-3-1-2-4-6-10-8-12;9-7-5-3-1-2-4-6(5)8(10)11-7;7-5(8)3-1-2-4-6(9)10;1-6(2-4-7)3-5-8;5-1-3-7-4-2-6;3-1-2-4;1-5(2,3)4/h1-6H2;1-4H;1-4H2,(H,7,8)(H,9,10);7-8H,2-5H2,1H3;5-6H,1-4H2;3-4H,1-2H2;(H3,1,2,3,4). The van der Waals surface area contributed by atoms with E-state index in [0.29, 0.717) is 63.4 Å². The van der Waals surface area contributed by atoms with Crippen LogP contribution >= 0.6 is 7.82 Å². The molecule has 2 rings (SSSR count). The van der Waals surface area contributed by atoms with E-state index in [1.54, 1.807) is 24.3 Å². The highest BCUT2D eigenvalue weighted by atomic mass is 31.2. The van der Waals surface area contributed by atoms with Crippen molar-refractivity contribution < 1.29 is 98.3 Å². The van der Waals surface area contributed by atoms with Crippen LogP contribution in [0.3, 0.4) is 0 Å². The van der Waals surface area contributed by atoms with Gasteiger partial charge in [0.2, 0.25) is 12.2 Å². The molecule has 24 heteroatoms. The third kappa shape index (κ3) is 61.3. The van der Waals surface area contributed by atoms with Gasteiger partial charge < -0.3 is 69.9 Å². The van der Waals surface area contributed by atoms with Crippen LogP contribution in [0.2, 0.25) is 0 Å². The Bertz CT molecular complexity index is 1200. The number of hydrogen-bond acceptors (Lipinski definition) is 18. The molecule has 1 aliphatic rings. The van der Waals surface area contributed by atoms with Crippen LogP contribution < -0.4 is 0 Å². The topological polar surface area (TPSA) is 388 Å². The molecule has 0 spiro atoms. The number of carbonyl (C=O) groups is 4. The molecule has 0 unspecified atom stereocenters. The molecule has 1 aromatic carbocycles. The van der Waals surface area contributed by atoms with Crippen molar-refractivity contribution in [2.45, 2.75) is 51.4 Å². The number of carboxylic acid groups (broad SMARTS) is 2. The Hall–Kier alpha value is -4.15. The number of fused-ring (bicyclic) bond motifs is 1. The highest BCUT2D eigenvalue weighted by Gasteiger charge is 2.28. The van der Waals surface area contributed by atoms with Crippen molar-refractivity contribution in [3.63, 3.8) is 0 Å². The van der Waals surface area contributed by atoms with Crippen LogP contribution in [0.4, 0.5) is 0 Å². The quantitative estimate of drug-likeness (QED) is 0.0174. The van der Waals surface area contributed by atoms with Crippen molar-refractivity contribution in [1.29, 1.82) is 0 Å². The van der Waals surface area contributed by atoms with Crippen molar-refractivity contribution in [3.05, 3.63) is 35.4 Å². The minimum Gasteiger partial charge on any atom is -0.481 e. The van der Waals surface area contributed by atoms with Gasteiger partial charge in [0.05, 0.1) is 77.1 Å². The number of rotatable bonds is 21. The molecule has 23 nitrogen and oxygen atoms in total. The molecule has 0 fully saturated rings. The number of benzene rings is 1. The number of hydrogen-bond donors (Lipinski definition) is 11. The second-order valence-electron chi connectivity index (χ2n) is 10.3. The van der Waals surface area contributed by atoms with E-state index in [1.165, 1.54) is 12.2 Å². The molecular formula is C33H58N3O20P. The second-order valence-corrected chi connectivity index (χ2v) is 11.4. The van der Waals surface area contributed by atoms with Crippen LogP contribution in [0.1, 0.15) is 72.1 Å². The maximum atomic E-state index is 10.8. The van der Waals surface area contributed by atoms with Crippen LogP contribution in [-0.4, -0.2) is 183 Å². The Morgan fingerprint density at radius 2 is 1.02 bits per heavy atom. The molecule has 0 aromatic heterocycles. The number of aliphatic hydroxyl groups is 6. The third-order valence-corrected chi connectivity index (χ3v) is 5.54. The SMILES string of the molecule is CN(CCO)CCO.O=C(O)CCCCC(=O)O.O=C1OC(=O)c2ccccc21.O=C=NCCCCCCN=C=O.O=P(O)(O)O.OCCO.OCCOCCO. The summed E-state index contributed by atoms with van der Waals surface area (Å²) < 4.78 is 17.9. The predicted octanol–water partition coefficient (Wildman–Crippen LogP) is -1.14. The fraction of sp³-hybridized carbons (Fsp3) is 0.636. The summed E-state index contributed by atoms with van der Waals surface area (Å²) in [5.41, 5.74) is 0.718. The van der Waals surface area contributed by atoms with Crippen molar-refractivity contribution in [1.82, 2.24) is 4.90 Å². The molecule has 0 saturated carbocycles. The van der Waals surface area contributed by atoms with Gasteiger partial charge in [0.15, 0.2) is 0 Å². The lowest BCUT2D eigenvalue weighted by Crippen LogP contribution is -2.25. The smallest absolute Gasteiger partial charge is 0.466 e. The number of cyclic esters (lactones) is 2. The second kappa shape index (κ2) is 48.0. The largest absolute Gasteiger partial charge is 0.481 e. The number of ether oxygens (including phenoxy) is 2. The number of nitrogens with zero attached hydrogens (tertiary/aromatic N) is 3. The molecule has 0 aliphatic carbocycles. The summed E-state index contributed by atoms with van der Waals surface area (Å²) in [6.07, 6.45) is 7.82. The Kier molecular flexibility index (Phi) is 52.3. The van der Waals surface area contributed by atoms with Gasteiger partial charge in [-0.3, -0.25) is 9.59 Å². The molecule has 11 N–H and O–H groups in total. The molecule has 0 bridgehead atoms. The molecule has 0 radical (unpaired) electrons. The van der Waals surface area contributed by atoms with Crippen LogP contribution in [0.25, 0.3) is 0 Å². The van der Waals surface area contributed by atoms with Gasteiger partial charge in [-0.1, -0.05) is 25.0 Å². The first-order valence-corrected chi connectivity index (χ1v) is 18.6. The zero-order valence-corrected chi connectivity index (χ0v) is 32.7. The summed E-state index contributed by atoms with van der Waals surface area (Å²) in [6, 6.07) is 6.53. The normalized spacial score (nSPS) is 10.4. The van der Waals surface area contributed by atoms with Crippen LogP contribution in [-0.2, 0) is 33.2 Å². The van der Waals surface area contributed by atoms with Gasteiger partial charge in [-0.15, -0.1) is 0 Å². The van der Waals surface area contributed by atoms with Crippen LogP contribution in [0.15, 0.2) is 34.3 Å². The minimum absolute atomic E-state index is 0.0278. The molecule has 0 atom stereocenters. The summed E-state index contributed by atoms with van der Waals surface area (Å²) in [4.78, 5) is 91.0. The summed E-state index contributed by atoms with van der Waals surface area (Å²) in [7, 11) is -2.79. The fourth-order valence-electron chi connectivity index (χ4n) is 3.10. The van der Waals surface area contributed by atoms with E-state index in [0.717, 1.165) is 25.7 Å². The van der Waals surface area contributed by atoms with E-state index in [2.05, 4.69) is 19.5 Å². The van der Waals surface area contributed by atoms with Gasteiger partial charge in [-0.25, -0.2) is 33.7 Å². The summed E-state index contributed by atoms with van der Waals surface area (Å²) in [6.45, 7) is 3.16. The number of aliphatic imine (C=N–C) groups is 2. The van der Waals surface area contributed by atoms with E-state index in [1.807, 2.05) is 11.9 Å². The molecule has 0 saturated heterocycles. The number of carboxylic acids is 2. The number of esters is 2. The van der Waals surface area contributed by atoms with E-state index < -0.39 is 31.7 Å². The number of phosphoric acid groups is 1. The van der Waals surface area contributed by atoms with Gasteiger partial charge in [0.1, 0.15) is 0 Å². The highest BCUT2D eigenvalue weighted by molar-refractivity contribution is 7.45. The number of aliphatic carboxylic acids is 2. The van der Waals surface area contributed by atoms with Gasteiger partial charge in [0, 0.05) is 25.9 Å². The van der Waals surface area contributed by atoms with E-state index in [4.69, 9.17) is 60.1 Å². The minimum atomic E-state index is -4.64. The molecule has 1 aliphatic heterocycles. The zero-order chi connectivity index (χ0) is 44.8. The van der Waals surface area contributed by atoms with Gasteiger partial charge in [-0.05, 0) is 44.9 Å². The first-order valence-electron chi connectivity index (χ1n) is 17.0. The van der Waals surface area contributed by atoms with Crippen LogP contribution in [0, 0.1) is 0 Å². The number of isocyanates is 2. The first kappa shape index (κ1) is 62.1. The van der Waals surface area contributed by atoms with Crippen LogP contribution in [0.5, 0.6) is 0 Å². The van der Waals surface area contributed by atoms with Crippen molar-refractivity contribution in [2.75, 3.05) is 86.1 Å². The molecule has 330 valence electrons. The van der Waals surface area contributed by atoms with Gasteiger partial charge in [0.25, 0.3) is 0 Å². The predicted molar refractivity (Wildman–Crippen MR) is 199 cm³/mol. The number of aliphatic hydroxyl groups excluding tert-OH is 6. The van der Waals surface area contributed by atoms with E-state index in [-0.39, 0.29) is 52.5 Å². The van der Waals surface area contributed by atoms with Crippen molar-refractivity contribution in [2.24, 2.45) is 9.98 Å². The average molecular weight is 848 g/mol. The van der Waals surface area contributed by atoms with Crippen molar-refractivity contribution >= 4 is 43.9 Å². The fourth-order valence-corrected chi connectivity index (χ4v) is 3.10. The Morgan fingerprint density at radius 3 is 1.28 bits per heavy atom. The summed E-state index contributed by atoms with van der Waals surface area (Å²) in [5, 5.41) is 64.4. The third-order valence-electron chi connectivity index (χ3n) is 5.54. The Morgan fingerprint density at radius 1 is 0.667 bits per heavy atom. The molecular weight excluding hydrogens is 789 g/mol. The summed E-state index contributed by atoms with van der Waals surface area (Å²) >= 11 is 0. The Balaban J connectivity index is -0.000000189. The zero-order valence-electron chi connectivity index (χ0n) is 31.8. The molecule has 0 amide bonds. The molecule has 1 aromatic rings. The first-order chi connectivity index (χ1) is 27.0. The number of carbonyl (C=O) groups excluding carboxylic acids is 4. The molecule has 57 heavy (non-hydrogen) atoms. The lowest BCUT2D eigenvalue weighted by Gasteiger charge is -2.11. The van der Waals surface area contributed by atoms with Gasteiger partial charge >= 0.3 is 31.7 Å². The lowest BCUT2D eigenvalue weighted by molar-refractivity contribution is -0.139. The lowest BCUT2D eigenvalue weighted by atomic mass is 10.1. The maximum absolute atomic E-state index is 10.8. The Labute approximate surface area is 329 Å². The van der Waals surface area contributed by atoms with E-state index in [9.17, 15) is 28.8 Å². The highest BCUT2D eigenvalue weighted by Crippen LogP contribution is 2.25. The van der Waals surface area contributed by atoms with Crippen molar-refractivity contribution in [3.8, 4) is 0 Å². The van der Waals surface area contributed by atoms with Gasteiger partial charge in [-0.2, -0.15) is 0 Å².